The van der Waals surface area contributed by atoms with Gasteiger partial charge < -0.3 is 9.47 Å². The first kappa shape index (κ1) is 15.9. The Labute approximate surface area is 116 Å². The van der Waals surface area contributed by atoms with E-state index in [9.17, 15) is 14.4 Å². The molecule has 0 atom stereocenters. The molecule has 0 amide bonds. The van der Waals surface area contributed by atoms with E-state index in [2.05, 4.69) is 5.10 Å². The van der Waals surface area contributed by atoms with Gasteiger partial charge in [0.15, 0.2) is 6.29 Å². The van der Waals surface area contributed by atoms with Gasteiger partial charge in [0, 0.05) is 0 Å². The van der Waals surface area contributed by atoms with Crippen molar-refractivity contribution in [3.05, 3.63) is 17.5 Å². The summed E-state index contributed by atoms with van der Waals surface area (Å²) in [5, 5.41) is 3.79. The molecular formula is C13H18N2O5. The number of nitrogens with zero attached hydrogens (tertiary/aromatic N) is 2. The van der Waals surface area contributed by atoms with Crippen LogP contribution in [0.5, 0.6) is 0 Å². The Balaban J connectivity index is 2.99. The second-order valence-corrected chi connectivity index (χ2v) is 5.05. The lowest BCUT2D eigenvalue weighted by Gasteiger charge is -2.19. The minimum Gasteiger partial charge on any atom is -0.466 e. The molecule has 0 bridgehead atoms. The Morgan fingerprint density at radius 1 is 1.40 bits per heavy atom. The number of aldehydes is 1. The largest absolute Gasteiger partial charge is 0.466 e. The van der Waals surface area contributed by atoms with Gasteiger partial charge in [0.25, 0.3) is 0 Å². The predicted molar refractivity (Wildman–Crippen MR) is 69.6 cm³/mol. The lowest BCUT2D eigenvalue weighted by atomic mass is 10.2. The Kier molecular flexibility index (Phi) is 5.01. The van der Waals surface area contributed by atoms with Crippen molar-refractivity contribution in [3.8, 4) is 0 Å². The molecule has 0 aromatic carbocycles. The monoisotopic (exact) mass is 282 g/mol. The van der Waals surface area contributed by atoms with E-state index < -0.39 is 17.7 Å². The number of carbonyl (C=O) groups excluding carboxylic acids is 3. The van der Waals surface area contributed by atoms with E-state index in [1.54, 1.807) is 27.7 Å². The lowest BCUT2D eigenvalue weighted by molar-refractivity contribution is -0.142. The van der Waals surface area contributed by atoms with Crippen LogP contribution < -0.4 is 0 Å². The highest BCUT2D eigenvalue weighted by molar-refractivity contribution is 5.79. The average Bonchev–Trinajstić information content (AvgIpc) is 2.70. The Hall–Kier alpha value is -2.18. The van der Waals surface area contributed by atoms with Crippen molar-refractivity contribution in [2.24, 2.45) is 0 Å². The number of hydrogen-bond donors (Lipinski definition) is 0. The summed E-state index contributed by atoms with van der Waals surface area (Å²) in [6.45, 7) is 7.04. The number of carbonyl (C=O) groups is 3. The molecule has 0 spiro atoms. The molecule has 0 aliphatic carbocycles. The maximum Gasteiger partial charge on any atom is 0.435 e. The zero-order valence-corrected chi connectivity index (χ0v) is 12.0. The maximum absolute atomic E-state index is 12.0. The molecule has 1 aromatic rings. The van der Waals surface area contributed by atoms with E-state index in [4.69, 9.17) is 9.47 Å². The molecule has 20 heavy (non-hydrogen) atoms. The number of ether oxygens (including phenoxy) is 2. The van der Waals surface area contributed by atoms with Gasteiger partial charge in [-0.15, -0.1) is 0 Å². The van der Waals surface area contributed by atoms with Crippen molar-refractivity contribution in [2.45, 2.75) is 39.7 Å². The molecular weight excluding hydrogens is 264 g/mol. The lowest BCUT2D eigenvalue weighted by Crippen LogP contribution is -2.29. The first-order chi connectivity index (χ1) is 9.26. The van der Waals surface area contributed by atoms with Crippen LogP contribution >= 0.6 is 0 Å². The molecule has 7 nitrogen and oxygen atoms in total. The van der Waals surface area contributed by atoms with E-state index in [1.165, 1.54) is 6.07 Å². The summed E-state index contributed by atoms with van der Waals surface area (Å²) in [4.78, 5) is 34.2. The summed E-state index contributed by atoms with van der Waals surface area (Å²) in [6, 6.07) is 1.36. The van der Waals surface area contributed by atoms with Crippen LogP contribution in [0.3, 0.4) is 0 Å². The fraction of sp³-hybridized carbons (Fsp3) is 0.538. The van der Waals surface area contributed by atoms with E-state index in [0.717, 1.165) is 4.68 Å². The summed E-state index contributed by atoms with van der Waals surface area (Å²) < 4.78 is 10.9. The van der Waals surface area contributed by atoms with Gasteiger partial charge in [-0.05, 0) is 33.8 Å². The molecule has 1 aromatic heterocycles. The van der Waals surface area contributed by atoms with Gasteiger partial charge in [-0.25, -0.2) is 4.79 Å². The van der Waals surface area contributed by atoms with Gasteiger partial charge >= 0.3 is 12.1 Å². The van der Waals surface area contributed by atoms with Crippen LogP contribution in [0.25, 0.3) is 0 Å². The minimum absolute atomic E-state index is 0.0511. The molecule has 0 aliphatic rings. The van der Waals surface area contributed by atoms with Crippen LogP contribution in [-0.4, -0.2) is 40.3 Å². The van der Waals surface area contributed by atoms with Crippen molar-refractivity contribution in [1.82, 2.24) is 9.78 Å². The van der Waals surface area contributed by atoms with Crippen LogP contribution in [0.1, 0.15) is 43.9 Å². The molecule has 0 saturated carbocycles. The fourth-order valence-corrected chi connectivity index (χ4v) is 1.45. The third kappa shape index (κ3) is 4.49. The molecule has 7 heteroatoms. The van der Waals surface area contributed by atoms with Gasteiger partial charge in [-0.2, -0.15) is 9.78 Å². The number of aromatic nitrogens is 2. The Morgan fingerprint density at radius 3 is 2.55 bits per heavy atom. The van der Waals surface area contributed by atoms with E-state index in [-0.39, 0.29) is 24.4 Å². The first-order valence-electron chi connectivity index (χ1n) is 6.20. The van der Waals surface area contributed by atoms with Crippen molar-refractivity contribution in [2.75, 3.05) is 6.61 Å². The molecule has 0 radical (unpaired) electrons. The molecule has 0 N–H and O–H groups in total. The summed E-state index contributed by atoms with van der Waals surface area (Å²) in [5.41, 5.74) is -0.402. The second-order valence-electron chi connectivity index (χ2n) is 5.05. The highest BCUT2D eigenvalue weighted by atomic mass is 16.6. The van der Waals surface area contributed by atoms with Crippen LogP contribution in [0.4, 0.5) is 4.79 Å². The maximum atomic E-state index is 12.0. The quantitative estimate of drug-likeness (QED) is 0.615. The first-order valence-corrected chi connectivity index (χ1v) is 6.20. The van der Waals surface area contributed by atoms with Gasteiger partial charge in [-0.3, -0.25) is 9.59 Å². The van der Waals surface area contributed by atoms with Gasteiger partial charge in [0.1, 0.15) is 11.3 Å². The van der Waals surface area contributed by atoms with E-state index in [1.807, 2.05) is 0 Å². The van der Waals surface area contributed by atoms with Crippen LogP contribution in [-0.2, 0) is 20.7 Å². The van der Waals surface area contributed by atoms with Gasteiger partial charge in [0.2, 0.25) is 0 Å². The molecule has 0 saturated heterocycles. The van der Waals surface area contributed by atoms with Gasteiger partial charge in [0.05, 0.1) is 18.7 Å². The topological polar surface area (TPSA) is 87.5 Å². The normalized spacial score (nSPS) is 11.0. The highest BCUT2D eigenvalue weighted by Gasteiger charge is 2.23. The summed E-state index contributed by atoms with van der Waals surface area (Å²) in [5.74, 6) is -0.505. The standard InChI is InChI=1S/C13H18N2O5/c1-5-19-11(17)7-10-6-9(8-16)14-15(10)12(18)20-13(2,3)4/h6,8H,5,7H2,1-4H3. The molecule has 0 unspecified atom stereocenters. The second kappa shape index (κ2) is 6.31. The zero-order valence-electron chi connectivity index (χ0n) is 12.0. The molecule has 1 rings (SSSR count). The molecule has 1 heterocycles. The zero-order chi connectivity index (χ0) is 15.3. The van der Waals surface area contributed by atoms with Crippen molar-refractivity contribution >= 4 is 18.3 Å². The number of hydrogen-bond acceptors (Lipinski definition) is 6. The smallest absolute Gasteiger partial charge is 0.435 e. The van der Waals surface area contributed by atoms with Crippen LogP contribution in [0.15, 0.2) is 6.07 Å². The summed E-state index contributed by atoms with van der Waals surface area (Å²) in [7, 11) is 0. The highest BCUT2D eigenvalue weighted by Crippen LogP contribution is 2.12. The molecule has 0 fully saturated rings. The van der Waals surface area contributed by atoms with Crippen molar-refractivity contribution < 1.29 is 23.9 Å². The minimum atomic E-state index is -0.745. The van der Waals surface area contributed by atoms with Crippen molar-refractivity contribution in [1.29, 1.82) is 0 Å². The fourth-order valence-electron chi connectivity index (χ4n) is 1.45. The van der Waals surface area contributed by atoms with E-state index in [0.29, 0.717) is 6.29 Å². The average molecular weight is 282 g/mol. The van der Waals surface area contributed by atoms with Gasteiger partial charge in [-0.1, -0.05) is 0 Å². The predicted octanol–water partition coefficient (Wildman–Crippen LogP) is 1.58. The third-order valence-electron chi connectivity index (χ3n) is 2.12. The van der Waals surface area contributed by atoms with Crippen LogP contribution in [0.2, 0.25) is 0 Å². The van der Waals surface area contributed by atoms with E-state index >= 15 is 0 Å². The number of esters is 1. The Morgan fingerprint density at radius 2 is 2.05 bits per heavy atom. The summed E-state index contributed by atoms with van der Waals surface area (Å²) in [6.07, 6.45) is -0.409. The third-order valence-corrected chi connectivity index (χ3v) is 2.12. The molecule has 0 aliphatic heterocycles. The van der Waals surface area contributed by atoms with Crippen LogP contribution in [0, 0.1) is 0 Å². The molecule has 110 valence electrons. The number of rotatable bonds is 4. The summed E-state index contributed by atoms with van der Waals surface area (Å²) >= 11 is 0. The Bertz CT molecular complexity index is 513. The SMILES string of the molecule is CCOC(=O)Cc1cc(C=O)nn1C(=O)OC(C)(C)C. The van der Waals surface area contributed by atoms with Crippen molar-refractivity contribution in [3.63, 3.8) is 0 Å².